The van der Waals surface area contributed by atoms with E-state index in [-0.39, 0.29) is 11.6 Å². The SMILES string of the molecule is C=CCc1cc(C=C2C(=O)NC(=O)N(C3CCCCC3)C2=O)cc(OC)c1OCc1ccc(I)cc1. The number of hydrogen-bond acceptors (Lipinski definition) is 5. The van der Waals surface area contributed by atoms with E-state index in [0.717, 1.165) is 46.8 Å². The van der Waals surface area contributed by atoms with E-state index in [2.05, 4.69) is 34.5 Å². The van der Waals surface area contributed by atoms with Gasteiger partial charge in [0.25, 0.3) is 11.8 Å². The highest BCUT2D eigenvalue weighted by Crippen LogP contribution is 2.35. The summed E-state index contributed by atoms with van der Waals surface area (Å²) in [5.74, 6) is -0.189. The van der Waals surface area contributed by atoms with Gasteiger partial charge in [0.2, 0.25) is 0 Å². The average Bonchev–Trinajstić information content (AvgIpc) is 2.87. The van der Waals surface area contributed by atoms with Gasteiger partial charge in [0.05, 0.1) is 7.11 Å². The predicted octanol–water partition coefficient (Wildman–Crippen LogP) is 5.40. The zero-order valence-electron chi connectivity index (χ0n) is 20.2. The van der Waals surface area contributed by atoms with Crippen molar-refractivity contribution in [1.29, 1.82) is 0 Å². The Morgan fingerprint density at radius 2 is 1.83 bits per heavy atom. The molecule has 8 heteroatoms. The molecule has 4 rings (SSSR count). The molecule has 1 aliphatic heterocycles. The number of halogens is 1. The van der Waals surface area contributed by atoms with E-state index >= 15 is 0 Å². The minimum absolute atomic E-state index is 0.0701. The van der Waals surface area contributed by atoms with Crippen molar-refractivity contribution >= 4 is 46.5 Å². The van der Waals surface area contributed by atoms with E-state index in [1.165, 1.54) is 11.0 Å². The molecule has 2 fully saturated rings. The quantitative estimate of drug-likeness (QED) is 0.190. The van der Waals surface area contributed by atoms with E-state index in [1.807, 2.05) is 30.3 Å². The van der Waals surface area contributed by atoms with E-state index < -0.39 is 17.8 Å². The minimum atomic E-state index is -0.694. The van der Waals surface area contributed by atoms with Gasteiger partial charge in [-0.3, -0.25) is 19.8 Å². The molecule has 1 aliphatic carbocycles. The standard InChI is InChI=1S/C28H29IN2O5/c1-3-7-20-14-19(16-24(35-2)25(20)36-17-18-10-12-21(29)13-11-18)15-23-26(32)30-28(34)31(27(23)33)22-8-5-4-6-9-22/h3,10-16,22H,1,4-9,17H2,2H3,(H,30,32,34). The maximum absolute atomic E-state index is 13.3. The number of nitrogens with zero attached hydrogens (tertiary/aromatic N) is 1. The largest absolute Gasteiger partial charge is 0.493 e. The van der Waals surface area contributed by atoms with E-state index in [1.54, 1.807) is 19.3 Å². The summed E-state index contributed by atoms with van der Waals surface area (Å²) in [6.45, 7) is 4.20. The molecular weight excluding hydrogens is 571 g/mol. The average molecular weight is 600 g/mol. The first kappa shape index (κ1) is 25.9. The number of barbiturate groups is 1. The molecule has 36 heavy (non-hydrogen) atoms. The molecule has 2 aromatic rings. The first-order valence-corrected chi connectivity index (χ1v) is 13.1. The van der Waals surface area contributed by atoms with Gasteiger partial charge in [-0.05, 0) is 83.3 Å². The van der Waals surface area contributed by atoms with Crippen LogP contribution in [0.5, 0.6) is 11.5 Å². The highest BCUT2D eigenvalue weighted by molar-refractivity contribution is 14.1. The molecular formula is C28H29IN2O5. The van der Waals surface area contributed by atoms with Crippen molar-refractivity contribution < 1.29 is 23.9 Å². The summed E-state index contributed by atoms with van der Waals surface area (Å²) in [5, 5.41) is 2.34. The molecule has 2 aliphatic rings. The zero-order chi connectivity index (χ0) is 25.7. The van der Waals surface area contributed by atoms with Gasteiger partial charge in [0, 0.05) is 15.2 Å². The van der Waals surface area contributed by atoms with Gasteiger partial charge in [-0.15, -0.1) is 6.58 Å². The molecule has 0 atom stereocenters. The van der Waals surface area contributed by atoms with Gasteiger partial charge in [-0.2, -0.15) is 0 Å². The van der Waals surface area contributed by atoms with Crippen molar-refractivity contribution in [3.63, 3.8) is 0 Å². The first-order chi connectivity index (χ1) is 17.4. The zero-order valence-corrected chi connectivity index (χ0v) is 22.4. The Labute approximate surface area is 224 Å². The van der Waals surface area contributed by atoms with Gasteiger partial charge >= 0.3 is 6.03 Å². The lowest BCUT2D eigenvalue weighted by molar-refractivity contribution is -0.132. The Hall–Kier alpha value is -3.14. The number of carbonyl (C=O) groups is 3. The third-order valence-corrected chi connectivity index (χ3v) is 7.14. The van der Waals surface area contributed by atoms with E-state index in [9.17, 15) is 14.4 Å². The summed E-state index contributed by atoms with van der Waals surface area (Å²) in [4.78, 5) is 39.6. The van der Waals surface area contributed by atoms with Gasteiger partial charge in [-0.25, -0.2) is 4.79 Å². The summed E-state index contributed by atoms with van der Waals surface area (Å²) < 4.78 is 12.9. The van der Waals surface area contributed by atoms with Gasteiger partial charge < -0.3 is 9.47 Å². The second-order valence-corrected chi connectivity index (χ2v) is 10.1. The number of nitrogens with one attached hydrogen (secondary N) is 1. The second-order valence-electron chi connectivity index (χ2n) is 8.90. The van der Waals surface area contributed by atoms with Crippen LogP contribution in [0.4, 0.5) is 4.79 Å². The number of methoxy groups -OCH3 is 1. The lowest BCUT2D eigenvalue weighted by Gasteiger charge is -2.35. The van der Waals surface area contributed by atoms with Crippen molar-refractivity contribution in [3.05, 3.63) is 74.9 Å². The molecule has 1 saturated carbocycles. The number of ether oxygens (including phenoxy) is 2. The Morgan fingerprint density at radius 1 is 1.11 bits per heavy atom. The van der Waals surface area contributed by atoms with Gasteiger partial charge in [-0.1, -0.05) is 37.5 Å². The lowest BCUT2D eigenvalue weighted by Crippen LogP contribution is -2.58. The molecule has 0 radical (unpaired) electrons. The fourth-order valence-corrected chi connectivity index (χ4v) is 4.99. The molecule has 0 spiro atoms. The predicted molar refractivity (Wildman–Crippen MR) is 146 cm³/mol. The fourth-order valence-electron chi connectivity index (χ4n) is 4.63. The third-order valence-electron chi connectivity index (χ3n) is 6.42. The van der Waals surface area contributed by atoms with Crippen LogP contribution in [-0.2, 0) is 22.6 Å². The molecule has 0 aromatic heterocycles. The van der Waals surface area contributed by atoms with Crippen molar-refractivity contribution in [2.45, 2.75) is 51.2 Å². The van der Waals surface area contributed by atoms with Crippen LogP contribution in [0.3, 0.4) is 0 Å². The van der Waals surface area contributed by atoms with Crippen molar-refractivity contribution in [2.75, 3.05) is 7.11 Å². The molecule has 7 nitrogen and oxygen atoms in total. The monoisotopic (exact) mass is 600 g/mol. The van der Waals surface area contributed by atoms with Crippen LogP contribution in [0.1, 0.15) is 48.8 Å². The number of allylic oxidation sites excluding steroid dienone is 1. The van der Waals surface area contributed by atoms with Crippen molar-refractivity contribution in [2.24, 2.45) is 0 Å². The lowest BCUT2D eigenvalue weighted by atomic mass is 9.93. The van der Waals surface area contributed by atoms with Crippen LogP contribution in [0.25, 0.3) is 6.08 Å². The summed E-state index contributed by atoms with van der Waals surface area (Å²) in [7, 11) is 1.55. The Kier molecular flexibility index (Phi) is 8.45. The smallest absolute Gasteiger partial charge is 0.331 e. The van der Waals surface area contributed by atoms with E-state index in [4.69, 9.17) is 9.47 Å². The van der Waals surface area contributed by atoms with Crippen LogP contribution in [0.15, 0.2) is 54.6 Å². The maximum Gasteiger partial charge on any atom is 0.331 e. The minimum Gasteiger partial charge on any atom is -0.493 e. The Morgan fingerprint density at radius 3 is 2.50 bits per heavy atom. The number of carbonyl (C=O) groups excluding carboxylic acids is 3. The number of urea groups is 1. The maximum atomic E-state index is 13.3. The van der Waals surface area contributed by atoms with Crippen molar-refractivity contribution in [1.82, 2.24) is 10.2 Å². The highest BCUT2D eigenvalue weighted by atomic mass is 127. The van der Waals surface area contributed by atoms with Crippen LogP contribution >= 0.6 is 22.6 Å². The highest BCUT2D eigenvalue weighted by Gasteiger charge is 2.40. The molecule has 1 N–H and O–H groups in total. The van der Waals surface area contributed by atoms with Crippen LogP contribution in [0.2, 0.25) is 0 Å². The number of amides is 4. The molecule has 1 saturated heterocycles. The molecule has 188 valence electrons. The Bertz CT molecular complexity index is 1200. The topological polar surface area (TPSA) is 84.9 Å². The van der Waals surface area contributed by atoms with Gasteiger partial charge in [0.15, 0.2) is 11.5 Å². The summed E-state index contributed by atoms with van der Waals surface area (Å²) in [6.07, 6.45) is 8.29. The number of imide groups is 2. The number of rotatable bonds is 8. The molecule has 0 bridgehead atoms. The molecule has 2 aromatic carbocycles. The molecule has 0 unspecified atom stereocenters. The normalized spacial score (nSPS) is 17.8. The van der Waals surface area contributed by atoms with Crippen LogP contribution < -0.4 is 14.8 Å². The Balaban J connectivity index is 1.65. The first-order valence-electron chi connectivity index (χ1n) is 12.0. The number of benzene rings is 2. The second kappa shape index (κ2) is 11.7. The summed E-state index contributed by atoms with van der Waals surface area (Å²) in [6, 6.07) is 10.8. The summed E-state index contributed by atoms with van der Waals surface area (Å²) in [5.41, 5.74) is 2.36. The summed E-state index contributed by atoms with van der Waals surface area (Å²) >= 11 is 2.26. The number of hydrogen-bond donors (Lipinski definition) is 1. The van der Waals surface area contributed by atoms with Crippen LogP contribution in [-0.4, -0.2) is 35.9 Å². The van der Waals surface area contributed by atoms with Crippen LogP contribution in [0, 0.1) is 3.57 Å². The van der Waals surface area contributed by atoms with E-state index in [0.29, 0.717) is 30.1 Å². The molecule has 4 amide bonds. The third kappa shape index (κ3) is 5.80. The fraction of sp³-hybridized carbons (Fsp3) is 0.321. The van der Waals surface area contributed by atoms with Crippen molar-refractivity contribution in [3.8, 4) is 11.5 Å². The van der Waals surface area contributed by atoms with Gasteiger partial charge in [0.1, 0.15) is 12.2 Å². The molecule has 1 heterocycles.